The molecule has 2 atom stereocenters. The van der Waals surface area contributed by atoms with Crippen molar-refractivity contribution in [2.75, 3.05) is 13.2 Å². The Labute approximate surface area is 236 Å². The Morgan fingerprint density at radius 3 is 2.03 bits per heavy atom. The van der Waals surface area contributed by atoms with Crippen LogP contribution in [0.4, 0.5) is 0 Å². The number of hydrogen-bond acceptors (Lipinski definition) is 4. The molecule has 214 valence electrons. The van der Waals surface area contributed by atoms with Gasteiger partial charge >= 0.3 is 0 Å². The van der Waals surface area contributed by atoms with Crippen LogP contribution in [0.2, 0.25) is 0 Å². The SMILES string of the molecule is CCOc1cc(C(C)C(CCCCCc2ccccc2)C(=O)CC2(C(C)=O)CC(C)(C)C2)cc(OCC)c1C. The van der Waals surface area contributed by atoms with Crippen molar-refractivity contribution >= 4 is 11.6 Å². The standard InChI is InChI=1S/C35H50O4/c1-8-38-32-20-29(21-33(26(32)4)39-9-2)25(3)30(19-15-11-14-18-28-16-12-10-13-17-28)31(37)22-35(27(5)36)23-34(6,7)24-35/h10,12-13,16-17,20-21,25,30H,8-9,11,14-15,18-19,22-24H2,1-7H3. The molecule has 4 nitrogen and oxygen atoms in total. The van der Waals surface area contributed by atoms with Crippen LogP contribution in [0.1, 0.15) is 109 Å². The van der Waals surface area contributed by atoms with E-state index in [9.17, 15) is 9.59 Å². The van der Waals surface area contributed by atoms with Crippen LogP contribution in [-0.4, -0.2) is 24.8 Å². The minimum absolute atomic E-state index is 0.00253. The van der Waals surface area contributed by atoms with Crippen LogP contribution < -0.4 is 9.47 Å². The lowest BCUT2D eigenvalue weighted by Gasteiger charge is -2.52. The van der Waals surface area contributed by atoms with Crippen LogP contribution in [0, 0.1) is 23.7 Å². The van der Waals surface area contributed by atoms with Crippen LogP contribution in [-0.2, 0) is 16.0 Å². The summed E-state index contributed by atoms with van der Waals surface area (Å²) in [5.74, 6) is 1.89. The monoisotopic (exact) mass is 534 g/mol. The number of hydrogen-bond donors (Lipinski definition) is 0. The first-order chi connectivity index (χ1) is 18.5. The molecule has 2 unspecified atom stereocenters. The fourth-order valence-corrected chi connectivity index (χ4v) is 6.74. The zero-order chi connectivity index (χ0) is 28.6. The summed E-state index contributed by atoms with van der Waals surface area (Å²) in [6, 6.07) is 14.8. The molecule has 0 amide bonds. The second-order valence-electron chi connectivity index (χ2n) is 12.5. The third-order valence-electron chi connectivity index (χ3n) is 8.69. The van der Waals surface area contributed by atoms with Crippen molar-refractivity contribution in [2.24, 2.45) is 16.7 Å². The van der Waals surface area contributed by atoms with Crippen molar-refractivity contribution in [2.45, 2.75) is 106 Å². The van der Waals surface area contributed by atoms with E-state index >= 15 is 0 Å². The second-order valence-corrected chi connectivity index (χ2v) is 12.5. The highest BCUT2D eigenvalue weighted by Gasteiger charge is 2.53. The van der Waals surface area contributed by atoms with E-state index in [0.717, 1.165) is 67.6 Å². The van der Waals surface area contributed by atoms with Crippen LogP contribution in [0.15, 0.2) is 42.5 Å². The molecule has 2 aromatic rings. The lowest BCUT2D eigenvalue weighted by Crippen LogP contribution is -2.49. The molecular weight excluding hydrogens is 484 g/mol. The summed E-state index contributed by atoms with van der Waals surface area (Å²) in [6.45, 7) is 15.4. The maximum atomic E-state index is 14.0. The predicted molar refractivity (Wildman–Crippen MR) is 160 cm³/mol. The lowest BCUT2D eigenvalue weighted by molar-refractivity contribution is -0.147. The first kappa shape index (κ1) is 30.9. The Morgan fingerprint density at radius 1 is 0.923 bits per heavy atom. The highest BCUT2D eigenvalue weighted by molar-refractivity contribution is 5.92. The van der Waals surface area contributed by atoms with Crippen molar-refractivity contribution in [3.8, 4) is 11.5 Å². The van der Waals surface area contributed by atoms with E-state index in [-0.39, 0.29) is 28.8 Å². The number of aryl methyl sites for hydroxylation is 1. The lowest BCUT2D eigenvalue weighted by atomic mass is 9.51. The molecule has 2 aromatic carbocycles. The van der Waals surface area contributed by atoms with Gasteiger partial charge in [-0.15, -0.1) is 0 Å². The van der Waals surface area contributed by atoms with Crippen LogP contribution >= 0.6 is 0 Å². The van der Waals surface area contributed by atoms with Gasteiger partial charge in [-0.25, -0.2) is 0 Å². The van der Waals surface area contributed by atoms with E-state index < -0.39 is 5.41 Å². The molecule has 0 bridgehead atoms. The van der Waals surface area contributed by atoms with Crippen molar-refractivity contribution in [1.29, 1.82) is 0 Å². The number of ketones is 2. The molecule has 0 saturated heterocycles. The quantitative estimate of drug-likeness (QED) is 0.202. The minimum Gasteiger partial charge on any atom is -0.493 e. The van der Waals surface area contributed by atoms with Crippen LogP contribution in [0.3, 0.4) is 0 Å². The summed E-state index contributed by atoms with van der Waals surface area (Å²) >= 11 is 0. The largest absolute Gasteiger partial charge is 0.493 e. The van der Waals surface area contributed by atoms with Gasteiger partial charge in [-0.05, 0) is 94.4 Å². The van der Waals surface area contributed by atoms with E-state index in [4.69, 9.17) is 9.47 Å². The molecule has 0 radical (unpaired) electrons. The number of Topliss-reactive ketones (excluding diaryl/α,β-unsaturated/α-hetero) is 2. The summed E-state index contributed by atoms with van der Waals surface area (Å²) in [5.41, 5.74) is 3.06. The number of ether oxygens (including phenoxy) is 2. The maximum Gasteiger partial charge on any atom is 0.137 e. The zero-order valence-electron chi connectivity index (χ0n) is 25.4. The van der Waals surface area contributed by atoms with Gasteiger partial charge in [0.1, 0.15) is 23.1 Å². The summed E-state index contributed by atoms with van der Waals surface area (Å²) in [7, 11) is 0. The van der Waals surface area contributed by atoms with Gasteiger partial charge in [0.05, 0.1) is 13.2 Å². The van der Waals surface area contributed by atoms with Gasteiger partial charge in [0.25, 0.3) is 0 Å². The normalized spacial score (nSPS) is 17.1. The number of unbranched alkanes of at least 4 members (excludes halogenated alkanes) is 2. The molecule has 39 heavy (non-hydrogen) atoms. The fourth-order valence-electron chi connectivity index (χ4n) is 6.74. The van der Waals surface area contributed by atoms with Gasteiger partial charge in [-0.2, -0.15) is 0 Å². The van der Waals surface area contributed by atoms with E-state index in [0.29, 0.717) is 19.6 Å². The number of rotatable bonds is 16. The Bertz CT molecular complexity index is 1070. The smallest absolute Gasteiger partial charge is 0.137 e. The van der Waals surface area contributed by atoms with E-state index in [1.165, 1.54) is 5.56 Å². The molecule has 1 saturated carbocycles. The number of carbonyl (C=O) groups is 2. The molecular formula is C35H50O4. The maximum absolute atomic E-state index is 14.0. The molecule has 0 aromatic heterocycles. The molecule has 0 N–H and O–H groups in total. The Kier molecular flexibility index (Phi) is 10.8. The van der Waals surface area contributed by atoms with Gasteiger partial charge in [0.15, 0.2) is 0 Å². The topological polar surface area (TPSA) is 52.6 Å². The molecule has 1 fully saturated rings. The molecule has 0 heterocycles. The zero-order valence-corrected chi connectivity index (χ0v) is 25.4. The number of benzene rings is 2. The Morgan fingerprint density at radius 2 is 1.51 bits per heavy atom. The summed E-state index contributed by atoms with van der Waals surface area (Å²) in [6.07, 6.45) is 7.03. The van der Waals surface area contributed by atoms with Crippen molar-refractivity contribution in [3.63, 3.8) is 0 Å². The van der Waals surface area contributed by atoms with E-state index in [1.807, 2.05) is 20.8 Å². The average molecular weight is 535 g/mol. The second kappa shape index (κ2) is 13.6. The third kappa shape index (κ3) is 7.96. The Hall–Kier alpha value is -2.62. The minimum atomic E-state index is -0.494. The summed E-state index contributed by atoms with van der Waals surface area (Å²) < 4.78 is 11.9. The van der Waals surface area contributed by atoms with Crippen molar-refractivity contribution in [1.82, 2.24) is 0 Å². The van der Waals surface area contributed by atoms with Gasteiger partial charge < -0.3 is 9.47 Å². The molecule has 0 spiro atoms. The summed E-state index contributed by atoms with van der Waals surface area (Å²) in [5, 5.41) is 0. The van der Waals surface area contributed by atoms with Crippen molar-refractivity contribution in [3.05, 3.63) is 59.2 Å². The first-order valence-electron chi connectivity index (χ1n) is 15.0. The fraction of sp³-hybridized carbons (Fsp3) is 0.600. The highest BCUT2D eigenvalue weighted by atomic mass is 16.5. The van der Waals surface area contributed by atoms with E-state index in [1.54, 1.807) is 6.92 Å². The highest BCUT2D eigenvalue weighted by Crippen LogP contribution is 2.57. The molecule has 3 rings (SSSR count). The van der Waals surface area contributed by atoms with Gasteiger partial charge in [-0.1, -0.05) is 63.9 Å². The molecule has 0 aliphatic heterocycles. The molecule has 4 heteroatoms. The van der Waals surface area contributed by atoms with Crippen LogP contribution in [0.25, 0.3) is 0 Å². The average Bonchev–Trinajstić information content (AvgIpc) is 2.87. The number of carbonyl (C=O) groups excluding carboxylic acids is 2. The van der Waals surface area contributed by atoms with E-state index in [2.05, 4.69) is 63.2 Å². The Balaban J connectivity index is 1.81. The summed E-state index contributed by atoms with van der Waals surface area (Å²) in [4.78, 5) is 26.8. The van der Waals surface area contributed by atoms with Crippen LogP contribution in [0.5, 0.6) is 11.5 Å². The first-order valence-corrected chi connectivity index (χ1v) is 15.0. The molecule has 1 aliphatic rings. The van der Waals surface area contributed by atoms with Gasteiger partial charge in [0.2, 0.25) is 0 Å². The third-order valence-corrected chi connectivity index (χ3v) is 8.69. The predicted octanol–water partition coefficient (Wildman–Crippen LogP) is 8.67. The van der Waals surface area contributed by atoms with Gasteiger partial charge in [0, 0.05) is 23.3 Å². The molecule has 1 aliphatic carbocycles. The van der Waals surface area contributed by atoms with Gasteiger partial charge in [-0.3, -0.25) is 9.59 Å². The van der Waals surface area contributed by atoms with Crippen molar-refractivity contribution < 1.29 is 19.1 Å².